The van der Waals surface area contributed by atoms with Gasteiger partial charge in [-0.3, -0.25) is 4.79 Å². The average Bonchev–Trinajstić information content (AvgIpc) is 3.20. The summed E-state index contributed by atoms with van der Waals surface area (Å²) >= 11 is 0. The Morgan fingerprint density at radius 2 is 2.04 bits per heavy atom. The van der Waals surface area contributed by atoms with Gasteiger partial charge in [-0.1, -0.05) is 30.3 Å². The highest BCUT2D eigenvalue weighted by atomic mass is 16.5. The lowest BCUT2D eigenvalue weighted by Crippen LogP contribution is -2.31. The van der Waals surface area contributed by atoms with Crippen LogP contribution >= 0.6 is 0 Å². The summed E-state index contributed by atoms with van der Waals surface area (Å²) in [4.78, 5) is 12.4. The van der Waals surface area contributed by atoms with Crippen molar-refractivity contribution in [1.29, 1.82) is 0 Å². The number of carbonyl (C=O) groups excluding carboxylic acids is 1. The van der Waals surface area contributed by atoms with Crippen molar-refractivity contribution >= 4 is 5.91 Å². The molecule has 1 aliphatic rings. The van der Waals surface area contributed by atoms with Crippen molar-refractivity contribution in [2.75, 3.05) is 20.3 Å². The Morgan fingerprint density at radius 1 is 1.19 bits per heavy atom. The zero-order valence-electron chi connectivity index (χ0n) is 15.1. The number of carbonyl (C=O) groups is 1. The molecule has 2 aromatic rings. The maximum Gasteiger partial charge on any atom is 0.251 e. The van der Waals surface area contributed by atoms with E-state index in [1.54, 1.807) is 13.2 Å². The first-order chi connectivity index (χ1) is 12.8. The second kappa shape index (κ2) is 9.36. The summed E-state index contributed by atoms with van der Waals surface area (Å²) in [7, 11) is 1.62. The number of hydrogen-bond acceptors (Lipinski definition) is 4. The van der Waals surface area contributed by atoms with Crippen molar-refractivity contribution in [2.24, 2.45) is 0 Å². The van der Waals surface area contributed by atoms with E-state index in [0.29, 0.717) is 31.1 Å². The molecule has 1 atom stereocenters. The summed E-state index contributed by atoms with van der Waals surface area (Å²) in [6.45, 7) is 2.22. The third-order valence-corrected chi connectivity index (χ3v) is 4.43. The molecule has 0 radical (unpaired) electrons. The highest BCUT2D eigenvalue weighted by Crippen LogP contribution is 2.21. The lowest BCUT2D eigenvalue weighted by atomic mass is 10.1. The third kappa shape index (κ3) is 5.07. The maximum absolute atomic E-state index is 12.4. The Bertz CT molecular complexity index is 711. The van der Waals surface area contributed by atoms with Crippen LogP contribution in [0.5, 0.6) is 5.75 Å². The molecule has 1 amide bonds. The molecule has 5 nitrogen and oxygen atoms in total. The Morgan fingerprint density at radius 3 is 2.77 bits per heavy atom. The second-order valence-corrected chi connectivity index (χ2v) is 6.35. The van der Waals surface area contributed by atoms with Gasteiger partial charge in [0.25, 0.3) is 5.91 Å². The fraction of sp³-hybridized carbons (Fsp3) is 0.381. The van der Waals surface area contributed by atoms with Gasteiger partial charge in [-0.2, -0.15) is 0 Å². The molecule has 0 bridgehead atoms. The van der Waals surface area contributed by atoms with Crippen molar-refractivity contribution in [1.82, 2.24) is 5.32 Å². The predicted molar refractivity (Wildman–Crippen MR) is 99.2 cm³/mol. The summed E-state index contributed by atoms with van der Waals surface area (Å²) in [5.74, 6) is 0.612. The first-order valence-corrected chi connectivity index (χ1v) is 8.94. The minimum absolute atomic E-state index is 0.104. The molecule has 0 saturated carbocycles. The topological polar surface area (TPSA) is 56.8 Å². The van der Waals surface area contributed by atoms with Crippen molar-refractivity contribution < 1.29 is 19.0 Å². The van der Waals surface area contributed by atoms with E-state index in [4.69, 9.17) is 14.2 Å². The fourth-order valence-electron chi connectivity index (χ4n) is 3.00. The van der Waals surface area contributed by atoms with Gasteiger partial charge in [0.05, 0.1) is 26.4 Å². The quantitative estimate of drug-likeness (QED) is 0.789. The second-order valence-electron chi connectivity index (χ2n) is 6.35. The van der Waals surface area contributed by atoms with Crippen LogP contribution in [0.25, 0.3) is 0 Å². The first-order valence-electron chi connectivity index (χ1n) is 8.94. The summed E-state index contributed by atoms with van der Waals surface area (Å²) in [5, 5.41) is 2.94. The standard InChI is InChI=1S/C21H25NO4/c1-24-20-10-9-17(21(23)22-13-19-8-5-11-26-19)12-18(20)15-25-14-16-6-3-2-4-7-16/h2-4,6-7,9-10,12,19H,5,8,11,13-15H2,1H3,(H,22,23)/t19-/m1/s1. The third-order valence-electron chi connectivity index (χ3n) is 4.43. The van der Waals surface area contributed by atoms with Gasteiger partial charge in [-0.25, -0.2) is 0 Å². The molecule has 1 N–H and O–H groups in total. The van der Waals surface area contributed by atoms with Gasteiger partial charge in [0.1, 0.15) is 5.75 Å². The molecule has 2 aromatic carbocycles. The largest absolute Gasteiger partial charge is 0.496 e. The number of benzene rings is 2. The molecule has 5 heteroatoms. The molecule has 0 spiro atoms. The van der Waals surface area contributed by atoms with E-state index in [2.05, 4.69) is 5.32 Å². The van der Waals surface area contributed by atoms with Gasteiger partial charge in [-0.15, -0.1) is 0 Å². The van der Waals surface area contributed by atoms with Crippen molar-refractivity contribution in [3.05, 3.63) is 65.2 Å². The minimum atomic E-state index is -0.104. The van der Waals surface area contributed by atoms with Gasteiger partial charge in [0, 0.05) is 24.3 Å². The molecule has 0 unspecified atom stereocenters. The highest BCUT2D eigenvalue weighted by Gasteiger charge is 2.17. The molecule has 1 saturated heterocycles. The minimum Gasteiger partial charge on any atom is -0.496 e. The van der Waals surface area contributed by atoms with E-state index >= 15 is 0 Å². The van der Waals surface area contributed by atoms with Crippen LogP contribution in [0, 0.1) is 0 Å². The van der Waals surface area contributed by atoms with E-state index in [1.165, 1.54) is 0 Å². The molecule has 3 rings (SSSR count). The number of methoxy groups -OCH3 is 1. The zero-order valence-corrected chi connectivity index (χ0v) is 15.1. The van der Waals surface area contributed by atoms with Crippen molar-refractivity contribution in [3.8, 4) is 5.75 Å². The van der Waals surface area contributed by atoms with Crippen molar-refractivity contribution in [3.63, 3.8) is 0 Å². The summed E-state index contributed by atoms with van der Waals surface area (Å²) in [5.41, 5.74) is 2.56. The lowest BCUT2D eigenvalue weighted by molar-refractivity contribution is 0.0856. The zero-order chi connectivity index (χ0) is 18.2. The van der Waals surface area contributed by atoms with E-state index in [1.807, 2.05) is 42.5 Å². The Kier molecular flexibility index (Phi) is 6.63. The smallest absolute Gasteiger partial charge is 0.251 e. The maximum atomic E-state index is 12.4. The van der Waals surface area contributed by atoms with Crippen LogP contribution in [-0.2, 0) is 22.7 Å². The van der Waals surface area contributed by atoms with Gasteiger partial charge >= 0.3 is 0 Å². The van der Waals surface area contributed by atoms with Gasteiger partial charge in [0.15, 0.2) is 0 Å². The van der Waals surface area contributed by atoms with Crippen LogP contribution in [0.3, 0.4) is 0 Å². The molecule has 0 aromatic heterocycles. The van der Waals surface area contributed by atoms with E-state index < -0.39 is 0 Å². The molecular formula is C21H25NO4. The van der Waals surface area contributed by atoms with Crippen LogP contribution in [-0.4, -0.2) is 32.3 Å². The lowest BCUT2D eigenvalue weighted by Gasteiger charge is -2.13. The summed E-state index contributed by atoms with van der Waals surface area (Å²) in [6.07, 6.45) is 2.19. The predicted octanol–water partition coefficient (Wildman–Crippen LogP) is 3.32. The summed E-state index contributed by atoms with van der Waals surface area (Å²) in [6, 6.07) is 15.4. The molecule has 1 aliphatic heterocycles. The fourth-order valence-corrected chi connectivity index (χ4v) is 3.00. The van der Waals surface area contributed by atoms with Crippen LogP contribution in [0.1, 0.15) is 34.3 Å². The number of rotatable bonds is 8. The Hall–Kier alpha value is -2.37. The van der Waals surface area contributed by atoms with Gasteiger partial charge < -0.3 is 19.5 Å². The van der Waals surface area contributed by atoms with Gasteiger partial charge in [-0.05, 0) is 36.6 Å². The van der Waals surface area contributed by atoms with E-state index in [9.17, 15) is 4.79 Å². The first kappa shape index (κ1) is 18.4. The average molecular weight is 355 g/mol. The molecule has 138 valence electrons. The normalized spacial score (nSPS) is 16.4. The number of nitrogens with one attached hydrogen (secondary N) is 1. The van der Waals surface area contributed by atoms with E-state index in [0.717, 1.165) is 30.6 Å². The number of amides is 1. The Balaban J connectivity index is 1.58. The monoisotopic (exact) mass is 355 g/mol. The van der Waals surface area contributed by atoms with Crippen LogP contribution in [0.4, 0.5) is 0 Å². The van der Waals surface area contributed by atoms with Crippen LogP contribution < -0.4 is 10.1 Å². The van der Waals surface area contributed by atoms with Crippen LogP contribution in [0.2, 0.25) is 0 Å². The number of hydrogen-bond donors (Lipinski definition) is 1. The Labute approximate surface area is 154 Å². The highest BCUT2D eigenvalue weighted by molar-refractivity contribution is 5.94. The number of ether oxygens (including phenoxy) is 3. The van der Waals surface area contributed by atoms with Gasteiger partial charge in [0.2, 0.25) is 0 Å². The molecule has 0 aliphatic carbocycles. The SMILES string of the molecule is COc1ccc(C(=O)NC[C@H]2CCCO2)cc1COCc1ccccc1. The van der Waals surface area contributed by atoms with E-state index in [-0.39, 0.29) is 12.0 Å². The summed E-state index contributed by atoms with van der Waals surface area (Å²) < 4.78 is 16.7. The molecule has 1 heterocycles. The van der Waals surface area contributed by atoms with Crippen LogP contribution in [0.15, 0.2) is 48.5 Å². The molecule has 1 fully saturated rings. The molecular weight excluding hydrogens is 330 g/mol. The molecule has 26 heavy (non-hydrogen) atoms. The van der Waals surface area contributed by atoms with Crippen molar-refractivity contribution in [2.45, 2.75) is 32.2 Å².